The van der Waals surface area contributed by atoms with E-state index in [0.717, 1.165) is 11.3 Å². The van der Waals surface area contributed by atoms with E-state index in [1.54, 1.807) is 6.92 Å². The molecular formula is C17H16N6O2S2. The standard InChI is InChI=1S/C17H16N6O2S2/c1-10-14(24)18-16(21-20-10)26-8-12-9-27-17-19-15(25)13(22-23(12)17)7-11-5-3-2-4-6-11/h2-6,12H,7-9H2,1H3,(H,18,21,24). The number of aromatic amines is 1. The summed E-state index contributed by atoms with van der Waals surface area (Å²) in [7, 11) is 0. The van der Waals surface area contributed by atoms with Crippen molar-refractivity contribution < 1.29 is 0 Å². The third-order valence-corrected chi connectivity index (χ3v) is 6.18. The molecule has 1 N–H and O–H groups in total. The molecule has 0 saturated carbocycles. The first-order valence-corrected chi connectivity index (χ1v) is 10.3. The number of thioether (sulfide) groups is 2. The van der Waals surface area contributed by atoms with Crippen molar-refractivity contribution in [2.24, 2.45) is 0 Å². The Morgan fingerprint density at radius 1 is 1.26 bits per heavy atom. The highest BCUT2D eigenvalue weighted by atomic mass is 32.2. The Kier molecular flexibility index (Phi) is 5.08. The van der Waals surface area contributed by atoms with E-state index in [4.69, 9.17) is 0 Å². The molecule has 1 aromatic carbocycles. The molecule has 2 aromatic heterocycles. The third-order valence-electron chi connectivity index (χ3n) is 4.09. The van der Waals surface area contributed by atoms with Gasteiger partial charge in [-0.3, -0.25) is 14.6 Å². The summed E-state index contributed by atoms with van der Waals surface area (Å²) < 4.78 is 1.82. The second-order valence-corrected chi connectivity index (χ2v) is 8.07. The van der Waals surface area contributed by atoms with E-state index < -0.39 is 0 Å². The predicted octanol–water partition coefficient (Wildman–Crippen LogP) is 1.45. The lowest BCUT2D eigenvalue weighted by Gasteiger charge is -2.12. The van der Waals surface area contributed by atoms with Gasteiger partial charge in [0.1, 0.15) is 11.4 Å². The molecule has 10 heteroatoms. The van der Waals surface area contributed by atoms with Crippen LogP contribution >= 0.6 is 23.5 Å². The zero-order chi connectivity index (χ0) is 18.8. The highest BCUT2D eigenvalue weighted by Gasteiger charge is 2.26. The van der Waals surface area contributed by atoms with Gasteiger partial charge in [-0.05, 0) is 12.5 Å². The van der Waals surface area contributed by atoms with Crippen LogP contribution in [0.4, 0.5) is 0 Å². The average molecular weight is 400 g/mol. The molecule has 0 saturated heterocycles. The summed E-state index contributed by atoms with van der Waals surface area (Å²) in [5.74, 6) is 1.42. The number of nitrogens with zero attached hydrogens (tertiary/aromatic N) is 5. The minimum atomic E-state index is -0.278. The number of aromatic nitrogens is 6. The van der Waals surface area contributed by atoms with Crippen LogP contribution in [-0.2, 0) is 6.42 Å². The van der Waals surface area contributed by atoms with Crippen molar-refractivity contribution in [3.8, 4) is 0 Å². The molecule has 3 heterocycles. The lowest BCUT2D eigenvalue weighted by Crippen LogP contribution is -2.24. The molecule has 0 radical (unpaired) electrons. The van der Waals surface area contributed by atoms with Gasteiger partial charge in [-0.25, -0.2) is 4.68 Å². The average Bonchev–Trinajstić information content (AvgIpc) is 3.05. The molecule has 1 unspecified atom stereocenters. The topological polar surface area (TPSA) is 106 Å². The number of aryl methyl sites for hydroxylation is 1. The van der Waals surface area contributed by atoms with Crippen molar-refractivity contribution in [1.29, 1.82) is 0 Å². The summed E-state index contributed by atoms with van der Waals surface area (Å²) in [5.41, 5.74) is 1.29. The SMILES string of the molecule is Cc1nnc(SCC2CSc3nc(=O)c(Cc4ccccc4)nn32)[nH]c1=O. The van der Waals surface area contributed by atoms with Gasteiger partial charge in [0.2, 0.25) is 0 Å². The van der Waals surface area contributed by atoms with E-state index in [1.807, 2.05) is 35.0 Å². The van der Waals surface area contributed by atoms with Crippen LogP contribution in [-0.4, -0.2) is 41.5 Å². The summed E-state index contributed by atoms with van der Waals surface area (Å²) in [4.78, 5) is 30.8. The third kappa shape index (κ3) is 3.96. The molecule has 27 heavy (non-hydrogen) atoms. The lowest BCUT2D eigenvalue weighted by atomic mass is 10.1. The second-order valence-electron chi connectivity index (χ2n) is 6.07. The van der Waals surface area contributed by atoms with Gasteiger partial charge in [0.25, 0.3) is 11.1 Å². The smallest absolute Gasteiger partial charge is 0.295 e. The van der Waals surface area contributed by atoms with E-state index >= 15 is 0 Å². The number of benzene rings is 1. The molecule has 0 amide bonds. The summed E-state index contributed by atoms with van der Waals surface area (Å²) in [6.07, 6.45) is 0.453. The number of hydrogen-bond acceptors (Lipinski definition) is 8. The zero-order valence-electron chi connectivity index (χ0n) is 14.5. The van der Waals surface area contributed by atoms with Crippen LogP contribution in [0.2, 0.25) is 0 Å². The Balaban J connectivity index is 1.53. The highest BCUT2D eigenvalue weighted by molar-refractivity contribution is 8.00. The van der Waals surface area contributed by atoms with E-state index in [-0.39, 0.29) is 17.2 Å². The molecular weight excluding hydrogens is 384 g/mol. The molecule has 0 aliphatic carbocycles. The summed E-state index contributed by atoms with van der Waals surface area (Å²) in [6, 6.07) is 9.80. The fourth-order valence-corrected chi connectivity index (χ4v) is 4.73. The molecule has 0 bridgehead atoms. The molecule has 0 spiro atoms. The maximum atomic E-state index is 12.3. The lowest BCUT2D eigenvalue weighted by molar-refractivity contribution is 0.475. The molecule has 3 aromatic rings. The Bertz CT molecular complexity index is 1080. The molecule has 4 rings (SSSR count). The van der Waals surface area contributed by atoms with E-state index in [0.29, 0.717) is 33.9 Å². The van der Waals surface area contributed by atoms with Gasteiger partial charge in [-0.1, -0.05) is 53.9 Å². The van der Waals surface area contributed by atoms with Crippen LogP contribution in [0.15, 0.2) is 50.2 Å². The van der Waals surface area contributed by atoms with Crippen LogP contribution in [0.25, 0.3) is 0 Å². The Morgan fingerprint density at radius 3 is 2.85 bits per heavy atom. The normalized spacial score (nSPS) is 15.7. The quantitative estimate of drug-likeness (QED) is 0.642. The van der Waals surface area contributed by atoms with Crippen LogP contribution in [0.1, 0.15) is 23.0 Å². The fraction of sp³-hybridized carbons (Fsp3) is 0.294. The minimum Gasteiger partial charge on any atom is -0.298 e. The number of hydrogen-bond donors (Lipinski definition) is 1. The van der Waals surface area contributed by atoms with Gasteiger partial charge in [0.15, 0.2) is 10.3 Å². The van der Waals surface area contributed by atoms with Gasteiger partial charge in [0, 0.05) is 17.9 Å². The predicted molar refractivity (Wildman–Crippen MR) is 103 cm³/mol. The first kappa shape index (κ1) is 17.9. The minimum absolute atomic E-state index is 0.0595. The van der Waals surface area contributed by atoms with Crippen molar-refractivity contribution in [3.05, 3.63) is 68.0 Å². The van der Waals surface area contributed by atoms with Crippen molar-refractivity contribution in [1.82, 2.24) is 29.9 Å². The monoisotopic (exact) mass is 400 g/mol. The molecule has 1 aliphatic rings. The van der Waals surface area contributed by atoms with Crippen molar-refractivity contribution in [2.45, 2.75) is 29.7 Å². The largest absolute Gasteiger partial charge is 0.298 e. The first-order valence-electron chi connectivity index (χ1n) is 8.33. The van der Waals surface area contributed by atoms with Gasteiger partial charge in [-0.2, -0.15) is 10.1 Å². The molecule has 1 aliphatic heterocycles. The Labute approximate surface area is 162 Å². The second kappa shape index (κ2) is 7.65. The maximum absolute atomic E-state index is 12.3. The number of nitrogens with one attached hydrogen (secondary N) is 1. The van der Waals surface area contributed by atoms with Gasteiger partial charge in [-0.15, -0.1) is 10.2 Å². The number of rotatable bonds is 5. The van der Waals surface area contributed by atoms with Crippen LogP contribution in [0.5, 0.6) is 0 Å². The van der Waals surface area contributed by atoms with E-state index in [9.17, 15) is 9.59 Å². The van der Waals surface area contributed by atoms with E-state index in [2.05, 4.69) is 25.3 Å². The van der Waals surface area contributed by atoms with Crippen LogP contribution in [0.3, 0.4) is 0 Å². The molecule has 0 fully saturated rings. The Hall–Kier alpha value is -2.46. The van der Waals surface area contributed by atoms with Gasteiger partial charge < -0.3 is 0 Å². The van der Waals surface area contributed by atoms with E-state index in [1.165, 1.54) is 23.5 Å². The van der Waals surface area contributed by atoms with Crippen molar-refractivity contribution in [3.63, 3.8) is 0 Å². The molecule has 138 valence electrons. The van der Waals surface area contributed by atoms with Crippen molar-refractivity contribution >= 4 is 23.5 Å². The fourth-order valence-electron chi connectivity index (χ4n) is 2.63. The van der Waals surface area contributed by atoms with Gasteiger partial charge >= 0.3 is 0 Å². The van der Waals surface area contributed by atoms with Gasteiger partial charge in [0.05, 0.1) is 6.04 Å². The summed E-state index contributed by atoms with van der Waals surface area (Å²) >= 11 is 2.92. The first-order chi connectivity index (χ1) is 13.1. The van der Waals surface area contributed by atoms with Crippen LogP contribution < -0.4 is 11.1 Å². The highest BCUT2D eigenvalue weighted by Crippen LogP contribution is 2.32. The Morgan fingerprint density at radius 2 is 2.07 bits per heavy atom. The molecule has 8 nitrogen and oxygen atoms in total. The maximum Gasteiger partial charge on any atom is 0.295 e. The molecule has 1 atom stereocenters. The van der Waals surface area contributed by atoms with Crippen molar-refractivity contribution in [2.75, 3.05) is 11.5 Å². The number of fused-ring (bicyclic) bond motifs is 1. The number of H-pyrrole nitrogens is 1. The zero-order valence-corrected chi connectivity index (χ0v) is 16.1. The van der Waals surface area contributed by atoms with Crippen LogP contribution in [0, 0.1) is 6.92 Å². The summed E-state index contributed by atoms with van der Waals surface area (Å²) in [6.45, 7) is 1.62. The summed E-state index contributed by atoms with van der Waals surface area (Å²) in [5, 5.41) is 13.5.